The van der Waals surface area contributed by atoms with Crippen LogP contribution in [0.5, 0.6) is 0 Å². The lowest BCUT2D eigenvalue weighted by molar-refractivity contribution is -0.387. The molecule has 1 aliphatic rings. The quantitative estimate of drug-likeness (QED) is 0.412. The molecule has 0 aromatic heterocycles. The fraction of sp³-hybridized carbons (Fsp3) is 0.353. The summed E-state index contributed by atoms with van der Waals surface area (Å²) < 4.78 is 24.5. The molecule has 0 saturated carbocycles. The Hall–Kier alpha value is -2.99. The number of rotatable bonds is 6. The van der Waals surface area contributed by atoms with Crippen LogP contribution in [0, 0.1) is 15.9 Å². The second kappa shape index (κ2) is 9.01. The van der Waals surface area contributed by atoms with Crippen molar-refractivity contribution >= 4 is 40.1 Å². The van der Waals surface area contributed by atoms with E-state index in [4.69, 9.17) is 9.47 Å². The van der Waals surface area contributed by atoms with Gasteiger partial charge in [-0.3, -0.25) is 20.0 Å². The summed E-state index contributed by atoms with van der Waals surface area (Å²) in [5.74, 6) is -2.75. The van der Waals surface area contributed by atoms with Gasteiger partial charge in [-0.2, -0.15) is 4.39 Å². The van der Waals surface area contributed by atoms with E-state index in [2.05, 4.69) is 10.3 Å². The van der Waals surface area contributed by atoms with Crippen molar-refractivity contribution in [3.8, 4) is 0 Å². The third-order valence-electron chi connectivity index (χ3n) is 4.01. The monoisotopic (exact) mass is 426 g/mol. The Balaban J connectivity index is 2.77. The molecule has 0 fully saturated rings. The van der Waals surface area contributed by atoms with Gasteiger partial charge in [0.25, 0.3) is 0 Å². The van der Waals surface area contributed by atoms with Crippen molar-refractivity contribution < 1.29 is 28.4 Å². The zero-order chi connectivity index (χ0) is 21.9. The largest absolute Gasteiger partial charge is 0.466 e. The number of hydrogen-bond donors (Lipinski definition) is 1. The van der Waals surface area contributed by atoms with Gasteiger partial charge < -0.3 is 14.8 Å². The Labute approximate surface area is 169 Å². The first-order chi connectivity index (χ1) is 13.7. The van der Waals surface area contributed by atoms with Crippen LogP contribution in [0.4, 0.5) is 15.8 Å². The molecule has 0 bridgehead atoms. The van der Waals surface area contributed by atoms with Crippen molar-refractivity contribution in [1.29, 1.82) is 0 Å². The third kappa shape index (κ3) is 4.22. The van der Waals surface area contributed by atoms with Crippen LogP contribution in [0.3, 0.4) is 0 Å². The maximum atomic E-state index is 15.0. The number of halogens is 1. The normalized spacial score (nSPS) is 16.4. The van der Waals surface area contributed by atoms with Crippen LogP contribution >= 0.6 is 11.8 Å². The van der Waals surface area contributed by atoms with Crippen molar-refractivity contribution in [3.63, 3.8) is 0 Å². The van der Waals surface area contributed by atoms with Gasteiger partial charge in [0.05, 0.1) is 30.3 Å². The average Bonchev–Trinajstić information content (AvgIpc) is 2.70. The lowest BCUT2D eigenvalue weighted by Crippen LogP contribution is -2.37. The molecule has 0 radical (unpaired) electrons. The molecular formula is C17H19FN4O6S. The van der Waals surface area contributed by atoms with Gasteiger partial charge in [0.1, 0.15) is 16.1 Å². The lowest BCUT2D eigenvalue weighted by atomic mass is 10.1. The van der Waals surface area contributed by atoms with E-state index in [0.717, 1.165) is 20.3 Å². The summed E-state index contributed by atoms with van der Waals surface area (Å²) in [6, 6.07) is 2.36. The average molecular weight is 426 g/mol. The number of esters is 2. The van der Waals surface area contributed by atoms with Gasteiger partial charge in [-0.05, 0) is 20.2 Å². The number of nitro benzene ring substituents is 1. The minimum absolute atomic E-state index is 0.0256. The maximum Gasteiger partial charge on any atom is 0.345 e. The molecule has 29 heavy (non-hydrogen) atoms. The fourth-order valence-electron chi connectivity index (χ4n) is 2.64. The van der Waals surface area contributed by atoms with Crippen LogP contribution in [0.1, 0.15) is 5.56 Å². The molecule has 1 unspecified atom stereocenters. The molecule has 1 N–H and O–H groups in total. The summed E-state index contributed by atoms with van der Waals surface area (Å²) in [6.07, 6.45) is -1.00. The van der Waals surface area contributed by atoms with E-state index >= 15 is 4.39 Å². The highest BCUT2D eigenvalue weighted by molar-refractivity contribution is 8.18. The summed E-state index contributed by atoms with van der Waals surface area (Å²) in [7, 11) is 7.00. The number of nitrogens with zero attached hydrogens (tertiary/aromatic N) is 3. The van der Waals surface area contributed by atoms with E-state index in [1.165, 1.54) is 18.0 Å². The molecule has 1 heterocycles. The summed E-state index contributed by atoms with van der Waals surface area (Å²) in [6.45, 7) is 0. The summed E-state index contributed by atoms with van der Waals surface area (Å²) >= 11 is 0.679. The molecule has 1 aliphatic heterocycles. The van der Waals surface area contributed by atoms with E-state index in [0.29, 0.717) is 11.8 Å². The summed E-state index contributed by atoms with van der Waals surface area (Å²) in [4.78, 5) is 40.7. The molecular weight excluding hydrogens is 407 g/mol. The fourth-order valence-corrected chi connectivity index (χ4v) is 3.75. The van der Waals surface area contributed by atoms with Crippen molar-refractivity contribution in [2.45, 2.75) is 6.17 Å². The first kappa shape index (κ1) is 22.3. The van der Waals surface area contributed by atoms with Crippen LogP contribution in [0.2, 0.25) is 0 Å². The SMILES string of the molecule is CNc1ccc([N+](=O)[O-])c(F)c1C1=NC(N(C)C)C(C(=O)OC)=C(C(=O)OC)S1. The first-order valence-electron chi connectivity index (χ1n) is 8.15. The van der Waals surface area contributed by atoms with Gasteiger partial charge in [-0.25, -0.2) is 9.59 Å². The highest BCUT2D eigenvalue weighted by Crippen LogP contribution is 2.39. The maximum absolute atomic E-state index is 15.0. The Kier molecular flexibility index (Phi) is 6.93. The Morgan fingerprint density at radius 2 is 1.90 bits per heavy atom. The summed E-state index contributed by atoms with van der Waals surface area (Å²) in [5, 5.41) is 13.9. The van der Waals surface area contributed by atoms with Crippen LogP contribution in [0.15, 0.2) is 27.6 Å². The lowest BCUT2D eigenvalue weighted by Gasteiger charge is -2.28. The minimum Gasteiger partial charge on any atom is -0.466 e. The molecule has 0 aliphatic carbocycles. The Morgan fingerprint density at radius 3 is 2.38 bits per heavy atom. The van der Waals surface area contributed by atoms with E-state index < -0.39 is 34.5 Å². The molecule has 1 aromatic rings. The first-order valence-corrected chi connectivity index (χ1v) is 8.97. The van der Waals surface area contributed by atoms with Gasteiger partial charge in [-0.15, -0.1) is 0 Å². The molecule has 0 amide bonds. The van der Waals surface area contributed by atoms with Gasteiger partial charge in [0.2, 0.25) is 5.82 Å². The molecule has 1 atom stereocenters. The smallest absolute Gasteiger partial charge is 0.345 e. The van der Waals surface area contributed by atoms with Gasteiger partial charge in [0, 0.05) is 18.8 Å². The van der Waals surface area contributed by atoms with Crippen molar-refractivity contribution in [2.24, 2.45) is 4.99 Å². The van der Waals surface area contributed by atoms with Crippen molar-refractivity contribution in [1.82, 2.24) is 4.90 Å². The van der Waals surface area contributed by atoms with Crippen LogP contribution in [0.25, 0.3) is 0 Å². The predicted octanol–water partition coefficient (Wildman–Crippen LogP) is 1.76. The topological polar surface area (TPSA) is 123 Å². The number of nitro groups is 1. The Morgan fingerprint density at radius 1 is 1.28 bits per heavy atom. The van der Waals surface area contributed by atoms with Gasteiger partial charge in [-0.1, -0.05) is 11.8 Å². The van der Waals surface area contributed by atoms with Crippen molar-refractivity contribution in [3.05, 3.63) is 44.1 Å². The molecule has 0 saturated heterocycles. The second-order valence-corrected chi connectivity index (χ2v) is 6.93. The third-order valence-corrected chi connectivity index (χ3v) is 5.10. The predicted molar refractivity (Wildman–Crippen MR) is 105 cm³/mol. The number of thioether (sulfide) groups is 1. The van der Waals surface area contributed by atoms with E-state index in [9.17, 15) is 19.7 Å². The summed E-state index contributed by atoms with van der Waals surface area (Å²) in [5.41, 5.74) is -0.785. The van der Waals surface area contributed by atoms with Gasteiger partial charge >= 0.3 is 17.6 Å². The van der Waals surface area contributed by atoms with Gasteiger partial charge in [0.15, 0.2) is 0 Å². The molecule has 10 nitrogen and oxygen atoms in total. The number of carbonyl (C=O) groups excluding carboxylic acids is 2. The number of benzene rings is 1. The number of carbonyl (C=O) groups is 2. The highest BCUT2D eigenvalue weighted by atomic mass is 32.2. The second-order valence-electron chi connectivity index (χ2n) is 5.93. The minimum atomic E-state index is -1.11. The molecule has 1 aromatic carbocycles. The van der Waals surface area contributed by atoms with Crippen molar-refractivity contribution in [2.75, 3.05) is 40.7 Å². The number of likely N-dealkylation sites (N-methyl/N-ethyl adjacent to an activating group) is 1. The number of anilines is 1. The highest BCUT2D eigenvalue weighted by Gasteiger charge is 2.38. The van der Waals surface area contributed by atoms with Crippen LogP contribution in [-0.2, 0) is 19.1 Å². The van der Waals surface area contributed by atoms with Crippen LogP contribution in [-0.4, -0.2) is 68.3 Å². The molecule has 12 heteroatoms. The molecule has 0 spiro atoms. The molecule has 2 rings (SSSR count). The van der Waals surface area contributed by atoms with E-state index in [-0.39, 0.29) is 26.8 Å². The number of ether oxygens (including phenoxy) is 2. The zero-order valence-electron chi connectivity index (χ0n) is 16.3. The molecule has 156 valence electrons. The van der Waals surface area contributed by atoms with Crippen LogP contribution < -0.4 is 5.32 Å². The number of aliphatic imine (C=N–C) groups is 1. The zero-order valence-corrected chi connectivity index (χ0v) is 17.1. The van der Waals surface area contributed by atoms with E-state index in [1.807, 2.05) is 0 Å². The standard InChI is InChI=1S/C17H19FN4O6S/c1-19-8-6-7-9(22(25)26)12(18)10(8)15-20-14(21(2)3)11(16(23)27-4)13(29-15)17(24)28-5/h6-7,14,19H,1-5H3. The number of hydrogen-bond acceptors (Lipinski definition) is 10. The van der Waals surface area contributed by atoms with E-state index in [1.54, 1.807) is 14.1 Å². The number of nitrogens with one attached hydrogen (secondary N) is 1. The Bertz CT molecular complexity index is 931. The number of methoxy groups -OCH3 is 2.